The van der Waals surface area contributed by atoms with Gasteiger partial charge >= 0.3 is 5.97 Å². The van der Waals surface area contributed by atoms with Gasteiger partial charge in [0.15, 0.2) is 0 Å². The molecular weight excluding hydrogens is 362 g/mol. The highest BCUT2D eigenvalue weighted by Crippen LogP contribution is 2.27. The van der Waals surface area contributed by atoms with Gasteiger partial charge in [-0.2, -0.15) is 0 Å². The average Bonchev–Trinajstić information content (AvgIpc) is 3.28. The fraction of sp³-hybridized carbons (Fsp3) is 0.350. The van der Waals surface area contributed by atoms with Crippen molar-refractivity contribution >= 4 is 34.2 Å². The van der Waals surface area contributed by atoms with E-state index in [1.165, 1.54) is 11.3 Å². The Labute approximate surface area is 161 Å². The Hall–Kier alpha value is -2.67. The zero-order valence-electron chi connectivity index (χ0n) is 15.2. The van der Waals surface area contributed by atoms with E-state index >= 15 is 0 Å². The molecule has 3 rings (SSSR count). The highest BCUT2D eigenvalue weighted by Gasteiger charge is 2.20. The van der Waals surface area contributed by atoms with E-state index in [1.54, 1.807) is 0 Å². The maximum Gasteiger partial charge on any atom is 0.304 e. The number of carbonyl (C=O) groups excluding carboxylic acids is 1. The molecule has 0 saturated carbocycles. The molecule has 0 saturated heterocycles. The van der Waals surface area contributed by atoms with Crippen LogP contribution in [0.5, 0.6) is 0 Å². The van der Waals surface area contributed by atoms with Gasteiger partial charge in [0.25, 0.3) is 0 Å². The SMILES string of the molecule is CCCn1c(CNC(=O)CC(CC(=O)O)c2cccs2)nc2ccccc21. The van der Waals surface area contributed by atoms with E-state index in [0.29, 0.717) is 6.54 Å². The lowest BCUT2D eigenvalue weighted by atomic mass is 9.99. The summed E-state index contributed by atoms with van der Waals surface area (Å²) in [6.07, 6.45) is 1.07. The summed E-state index contributed by atoms with van der Waals surface area (Å²) in [5, 5.41) is 14.0. The summed E-state index contributed by atoms with van der Waals surface area (Å²) in [5.74, 6) is -0.551. The van der Waals surface area contributed by atoms with Gasteiger partial charge in [-0.1, -0.05) is 25.1 Å². The Balaban J connectivity index is 1.69. The second-order valence-corrected chi connectivity index (χ2v) is 7.44. The fourth-order valence-electron chi connectivity index (χ4n) is 3.21. The molecule has 2 aromatic heterocycles. The van der Waals surface area contributed by atoms with Crippen LogP contribution in [-0.2, 0) is 22.7 Å². The summed E-state index contributed by atoms with van der Waals surface area (Å²) >= 11 is 1.48. The molecular formula is C20H23N3O3S. The molecule has 1 aromatic carbocycles. The second-order valence-electron chi connectivity index (χ2n) is 6.46. The smallest absolute Gasteiger partial charge is 0.304 e. The van der Waals surface area contributed by atoms with E-state index in [1.807, 2.05) is 41.8 Å². The third-order valence-electron chi connectivity index (χ3n) is 4.42. The van der Waals surface area contributed by atoms with E-state index < -0.39 is 5.97 Å². The maximum atomic E-state index is 12.5. The molecule has 3 aromatic rings. The number of carbonyl (C=O) groups is 2. The maximum absolute atomic E-state index is 12.5. The monoisotopic (exact) mass is 385 g/mol. The molecule has 0 radical (unpaired) electrons. The van der Waals surface area contributed by atoms with Crippen molar-refractivity contribution in [1.29, 1.82) is 0 Å². The molecule has 1 amide bonds. The van der Waals surface area contributed by atoms with E-state index in [4.69, 9.17) is 5.11 Å². The Kier molecular flexibility index (Phi) is 6.24. The molecule has 27 heavy (non-hydrogen) atoms. The number of fused-ring (bicyclic) bond motifs is 1. The van der Waals surface area contributed by atoms with E-state index in [0.717, 1.165) is 34.7 Å². The summed E-state index contributed by atoms with van der Waals surface area (Å²) in [7, 11) is 0. The number of aromatic nitrogens is 2. The summed E-state index contributed by atoms with van der Waals surface area (Å²) in [6, 6.07) is 11.7. The number of aryl methyl sites for hydroxylation is 1. The number of hydrogen-bond acceptors (Lipinski definition) is 4. The summed E-state index contributed by atoms with van der Waals surface area (Å²) < 4.78 is 2.13. The molecule has 0 bridgehead atoms. The fourth-order valence-corrected chi connectivity index (χ4v) is 4.05. The van der Waals surface area contributed by atoms with Crippen LogP contribution >= 0.6 is 11.3 Å². The predicted molar refractivity (Wildman–Crippen MR) is 106 cm³/mol. The Bertz CT molecular complexity index is 918. The molecule has 6 nitrogen and oxygen atoms in total. The van der Waals surface area contributed by atoms with Crippen LogP contribution in [0.15, 0.2) is 41.8 Å². The van der Waals surface area contributed by atoms with Gasteiger partial charge in [-0.05, 0) is 30.0 Å². The molecule has 0 spiro atoms. The Morgan fingerprint density at radius 1 is 1.22 bits per heavy atom. The minimum absolute atomic E-state index is 0.0533. The number of imidazole rings is 1. The third kappa shape index (κ3) is 4.74. The summed E-state index contributed by atoms with van der Waals surface area (Å²) in [5.41, 5.74) is 1.98. The van der Waals surface area contributed by atoms with E-state index in [2.05, 4.69) is 21.8 Å². The van der Waals surface area contributed by atoms with Gasteiger partial charge < -0.3 is 15.0 Å². The number of hydrogen-bond donors (Lipinski definition) is 2. The number of carboxylic acid groups (broad SMARTS) is 1. The van der Waals surface area contributed by atoms with Crippen LogP contribution in [0, 0.1) is 0 Å². The van der Waals surface area contributed by atoms with Crippen molar-refractivity contribution < 1.29 is 14.7 Å². The van der Waals surface area contributed by atoms with Crippen molar-refractivity contribution in [3.05, 3.63) is 52.5 Å². The van der Waals surface area contributed by atoms with Crippen LogP contribution in [0.25, 0.3) is 11.0 Å². The number of para-hydroxylation sites is 2. The van der Waals surface area contributed by atoms with Gasteiger partial charge in [0.1, 0.15) is 5.82 Å². The number of aliphatic carboxylic acids is 1. The van der Waals surface area contributed by atoms with Crippen molar-refractivity contribution in [1.82, 2.24) is 14.9 Å². The minimum Gasteiger partial charge on any atom is -0.481 e. The highest BCUT2D eigenvalue weighted by molar-refractivity contribution is 7.10. The van der Waals surface area contributed by atoms with Crippen LogP contribution in [0.4, 0.5) is 0 Å². The molecule has 1 atom stereocenters. The Morgan fingerprint density at radius 2 is 2.04 bits per heavy atom. The average molecular weight is 385 g/mol. The largest absolute Gasteiger partial charge is 0.481 e. The summed E-state index contributed by atoms with van der Waals surface area (Å²) in [4.78, 5) is 29.2. The van der Waals surface area contributed by atoms with Crippen LogP contribution in [0.2, 0.25) is 0 Å². The van der Waals surface area contributed by atoms with Gasteiger partial charge in [-0.15, -0.1) is 11.3 Å². The first-order valence-corrected chi connectivity index (χ1v) is 9.92. The van der Waals surface area contributed by atoms with Gasteiger partial charge in [-0.25, -0.2) is 4.98 Å². The first kappa shape index (κ1) is 19.1. The first-order chi connectivity index (χ1) is 13.1. The standard InChI is InChI=1S/C20H23N3O3S/c1-2-9-23-16-7-4-3-6-15(16)22-18(23)13-21-19(24)11-14(12-20(25)26)17-8-5-10-27-17/h3-8,10,14H,2,9,11-13H2,1H3,(H,21,24)(H,25,26). The highest BCUT2D eigenvalue weighted by atomic mass is 32.1. The van der Waals surface area contributed by atoms with Crippen LogP contribution < -0.4 is 5.32 Å². The van der Waals surface area contributed by atoms with Gasteiger partial charge in [-0.3, -0.25) is 9.59 Å². The third-order valence-corrected chi connectivity index (χ3v) is 5.46. The van der Waals surface area contributed by atoms with Crippen molar-refractivity contribution in [3.63, 3.8) is 0 Å². The number of nitrogens with one attached hydrogen (secondary N) is 1. The van der Waals surface area contributed by atoms with Crippen molar-refractivity contribution in [3.8, 4) is 0 Å². The lowest BCUT2D eigenvalue weighted by Crippen LogP contribution is -2.26. The lowest BCUT2D eigenvalue weighted by molar-refractivity contribution is -0.137. The van der Waals surface area contributed by atoms with E-state index in [-0.39, 0.29) is 24.7 Å². The number of benzene rings is 1. The Morgan fingerprint density at radius 3 is 2.74 bits per heavy atom. The molecule has 0 fully saturated rings. The lowest BCUT2D eigenvalue weighted by Gasteiger charge is -2.14. The molecule has 2 heterocycles. The van der Waals surface area contributed by atoms with Crippen molar-refractivity contribution in [2.45, 2.75) is 45.2 Å². The minimum atomic E-state index is -0.897. The van der Waals surface area contributed by atoms with Crippen molar-refractivity contribution in [2.75, 3.05) is 0 Å². The zero-order chi connectivity index (χ0) is 19.2. The van der Waals surface area contributed by atoms with Gasteiger partial charge in [0.05, 0.1) is 24.0 Å². The van der Waals surface area contributed by atoms with Gasteiger partial charge in [0.2, 0.25) is 5.91 Å². The van der Waals surface area contributed by atoms with Gasteiger partial charge in [0, 0.05) is 23.8 Å². The molecule has 0 aliphatic heterocycles. The number of amides is 1. The molecule has 7 heteroatoms. The van der Waals surface area contributed by atoms with E-state index in [9.17, 15) is 9.59 Å². The normalized spacial score (nSPS) is 12.2. The van der Waals surface area contributed by atoms with Crippen LogP contribution in [0.1, 0.15) is 42.8 Å². The zero-order valence-corrected chi connectivity index (χ0v) is 16.0. The number of carboxylic acids is 1. The quantitative estimate of drug-likeness (QED) is 0.587. The topological polar surface area (TPSA) is 84.2 Å². The van der Waals surface area contributed by atoms with Crippen molar-refractivity contribution in [2.24, 2.45) is 0 Å². The second kappa shape index (κ2) is 8.81. The molecule has 1 unspecified atom stereocenters. The van der Waals surface area contributed by atoms with Crippen LogP contribution in [-0.4, -0.2) is 26.5 Å². The van der Waals surface area contributed by atoms with Crippen LogP contribution in [0.3, 0.4) is 0 Å². The summed E-state index contributed by atoms with van der Waals surface area (Å²) in [6.45, 7) is 3.27. The first-order valence-electron chi connectivity index (χ1n) is 9.04. The molecule has 142 valence electrons. The predicted octanol–water partition coefficient (Wildman–Crippen LogP) is 3.77. The molecule has 0 aliphatic rings. The molecule has 2 N–H and O–H groups in total. The molecule has 0 aliphatic carbocycles. The number of thiophene rings is 1. The number of rotatable bonds is 9. The number of nitrogens with zero attached hydrogens (tertiary/aromatic N) is 2.